The lowest BCUT2D eigenvalue weighted by Gasteiger charge is -2.34. The number of rotatable bonds is 4. The molecule has 3 aromatic rings. The highest BCUT2D eigenvalue weighted by molar-refractivity contribution is 6.00. The van der Waals surface area contributed by atoms with Gasteiger partial charge >= 0.3 is 0 Å². The number of H-pyrrole nitrogens is 1. The van der Waals surface area contributed by atoms with Crippen molar-refractivity contribution in [1.29, 1.82) is 0 Å². The predicted molar refractivity (Wildman–Crippen MR) is 108 cm³/mol. The lowest BCUT2D eigenvalue weighted by molar-refractivity contribution is 0.0624. The maximum absolute atomic E-state index is 12.7. The number of benzene rings is 2. The van der Waals surface area contributed by atoms with Crippen molar-refractivity contribution in [3.05, 3.63) is 82.1 Å². The van der Waals surface area contributed by atoms with E-state index in [1.165, 1.54) is 6.07 Å². The number of aromatic nitrogens is 1. The Kier molecular flexibility index (Phi) is 5.04. The molecular weight excluding hydrogens is 354 g/mol. The number of ketones is 1. The molecule has 1 aliphatic rings. The third kappa shape index (κ3) is 3.87. The number of hydrogen-bond donors (Lipinski definition) is 1. The normalized spacial score (nSPS) is 14.9. The zero-order valence-electron chi connectivity index (χ0n) is 15.4. The summed E-state index contributed by atoms with van der Waals surface area (Å²) in [5.41, 5.74) is 1.88. The lowest BCUT2D eigenvalue weighted by atomic mass is 10.1. The Morgan fingerprint density at radius 3 is 2.36 bits per heavy atom. The summed E-state index contributed by atoms with van der Waals surface area (Å²) in [6.45, 7) is 2.89. The number of nitrogens with one attached hydrogen (secondary N) is 1. The van der Waals surface area contributed by atoms with Crippen LogP contribution in [0.2, 0.25) is 0 Å². The van der Waals surface area contributed by atoms with Crippen LogP contribution in [0.15, 0.2) is 65.5 Å². The second kappa shape index (κ2) is 7.78. The van der Waals surface area contributed by atoms with E-state index in [-0.39, 0.29) is 17.2 Å². The molecule has 6 heteroatoms. The minimum Gasteiger partial charge on any atom is -0.336 e. The van der Waals surface area contributed by atoms with Crippen molar-refractivity contribution in [3.63, 3.8) is 0 Å². The Morgan fingerprint density at radius 2 is 1.61 bits per heavy atom. The zero-order valence-corrected chi connectivity index (χ0v) is 15.4. The van der Waals surface area contributed by atoms with Gasteiger partial charge in [-0.3, -0.25) is 19.3 Å². The number of carbonyl (C=O) groups is 2. The summed E-state index contributed by atoms with van der Waals surface area (Å²) >= 11 is 0. The first-order valence-corrected chi connectivity index (χ1v) is 9.33. The number of Topliss-reactive ketones (excluding diaryl/α,β-unsaturated/α-hetero) is 1. The van der Waals surface area contributed by atoms with Gasteiger partial charge in [-0.15, -0.1) is 0 Å². The maximum atomic E-state index is 12.7. The monoisotopic (exact) mass is 375 g/mol. The maximum Gasteiger partial charge on any atom is 0.253 e. The molecule has 1 N–H and O–H groups in total. The van der Waals surface area contributed by atoms with Crippen molar-refractivity contribution >= 4 is 22.6 Å². The average molecular weight is 375 g/mol. The van der Waals surface area contributed by atoms with Crippen LogP contribution in [0.4, 0.5) is 0 Å². The van der Waals surface area contributed by atoms with Gasteiger partial charge in [0.2, 0.25) is 5.56 Å². The molecule has 28 heavy (non-hydrogen) atoms. The smallest absolute Gasteiger partial charge is 0.253 e. The van der Waals surface area contributed by atoms with E-state index in [2.05, 4.69) is 9.88 Å². The number of nitrogens with zero attached hydrogens (tertiary/aromatic N) is 2. The quantitative estimate of drug-likeness (QED) is 0.710. The van der Waals surface area contributed by atoms with Crippen LogP contribution in [0.25, 0.3) is 10.9 Å². The Hall–Kier alpha value is -3.25. The third-order valence-electron chi connectivity index (χ3n) is 5.09. The van der Waals surface area contributed by atoms with Crippen LogP contribution in [0.1, 0.15) is 20.7 Å². The Bertz CT molecular complexity index is 1070. The highest BCUT2D eigenvalue weighted by Crippen LogP contribution is 2.14. The number of piperazine rings is 1. The number of carbonyl (C=O) groups excluding carboxylic acids is 2. The Morgan fingerprint density at radius 1 is 0.857 bits per heavy atom. The number of aromatic amines is 1. The summed E-state index contributed by atoms with van der Waals surface area (Å²) in [6, 6.07) is 17.8. The summed E-state index contributed by atoms with van der Waals surface area (Å²) in [6.07, 6.45) is 0. The van der Waals surface area contributed by atoms with Gasteiger partial charge in [-0.25, -0.2) is 0 Å². The van der Waals surface area contributed by atoms with Crippen molar-refractivity contribution in [2.45, 2.75) is 0 Å². The molecular formula is C22H21N3O3. The lowest BCUT2D eigenvalue weighted by Crippen LogP contribution is -2.49. The molecule has 0 saturated carbocycles. The fourth-order valence-electron chi connectivity index (χ4n) is 3.49. The molecule has 0 bridgehead atoms. The second-order valence-corrected chi connectivity index (χ2v) is 6.98. The van der Waals surface area contributed by atoms with E-state index in [1.807, 2.05) is 41.3 Å². The van der Waals surface area contributed by atoms with Crippen molar-refractivity contribution in [2.75, 3.05) is 32.7 Å². The van der Waals surface area contributed by atoms with Crippen LogP contribution < -0.4 is 5.56 Å². The number of hydrogen-bond acceptors (Lipinski definition) is 4. The molecule has 4 rings (SSSR count). The topological polar surface area (TPSA) is 73.5 Å². The molecule has 6 nitrogen and oxygen atoms in total. The molecule has 1 aromatic heterocycles. The number of pyridine rings is 1. The van der Waals surface area contributed by atoms with E-state index in [4.69, 9.17) is 0 Å². The van der Waals surface area contributed by atoms with Crippen molar-refractivity contribution in [3.8, 4) is 0 Å². The van der Waals surface area contributed by atoms with Gasteiger partial charge in [-0.2, -0.15) is 0 Å². The van der Waals surface area contributed by atoms with Gasteiger partial charge in [0.15, 0.2) is 5.78 Å². The Balaban J connectivity index is 1.37. The molecule has 0 radical (unpaired) electrons. The van der Waals surface area contributed by atoms with Crippen molar-refractivity contribution in [1.82, 2.24) is 14.8 Å². The van der Waals surface area contributed by atoms with Gasteiger partial charge in [0.1, 0.15) is 0 Å². The minimum atomic E-state index is -0.158. The molecule has 0 spiro atoms. The molecule has 0 unspecified atom stereocenters. The van der Waals surface area contributed by atoms with Crippen molar-refractivity contribution < 1.29 is 9.59 Å². The first-order chi connectivity index (χ1) is 13.6. The fourth-order valence-corrected chi connectivity index (χ4v) is 3.49. The highest BCUT2D eigenvalue weighted by atomic mass is 16.2. The molecule has 0 atom stereocenters. The van der Waals surface area contributed by atoms with Crippen molar-refractivity contribution in [2.24, 2.45) is 0 Å². The van der Waals surface area contributed by atoms with Gasteiger partial charge in [0.25, 0.3) is 5.91 Å². The number of amides is 1. The van der Waals surface area contributed by atoms with E-state index in [0.717, 1.165) is 10.9 Å². The second-order valence-electron chi connectivity index (χ2n) is 6.98. The van der Waals surface area contributed by atoms with Gasteiger partial charge in [0.05, 0.1) is 6.54 Å². The SMILES string of the molecule is O=C(CN1CCN(C(=O)c2ccccc2)CC1)c1ccc2[nH]c(=O)ccc2c1. The van der Waals surface area contributed by atoms with Crippen LogP contribution in [0, 0.1) is 0 Å². The first kappa shape index (κ1) is 18.1. The molecule has 0 aliphatic carbocycles. The minimum absolute atomic E-state index is 0.0371. The van der Waals surface area contributed by atoms with E-state index in [9.17, 15) is 14.4 Å². The van der Waals surface area contributed by atoms with Gasteiger partial charge in [0, 0.05) is 48.9 Å². The van der Waals surface area contributed by atoms with Gasteiger partial charge in [-0.05, 0) is 41.8 Å². The molecule has 2 aromatic carbocycles. The predicted octanol–water partition coefficient (Wildman–Crippen LogP) is 2.17. The Labute approximate surface area is 162 Å². The first-order valence-electron chi connectivity index (χ1n) is 9.33. The molecule has 1 aliphatic heterocycles. The van der Waals surface area contributed by atoms with E-state index in [1.54, 1.807) is 18.2 Å². The number of fused-ring (bicyclic) bond motifs is 1. The molecule has 1 fully saturated rings. The third-order valence-corrected chi connectivity index (χ3v) is 5.09. The average Bonchev–Trinajstić information content (AvgIpc) is 2.74. The van der Waals surface area contributed by atoms with Gasteiger partial charge < -0.3 is 9.88 Å². The molecule has 142 valence electrons. The van der Waals surface area contributed by atoms with Gasteiger partial charge in [-0.1, -0.05) is 18.2 Å². The summed E-state index contributed by atoms with van der Waals surface area (Å²) < 4.78 is 0. The van der Waals surface area contributed by atoms with Crippen LogP contribution in [-0.2, 0) is 0 Å². The summed E-state index contributed by atoms with van der Waals surface area (Å²) in [7, 11) is 0. The highest BCUT2D eigenvalue weighted by Gasteiger charge is 2.23. The van der Waals surface area contributed by atoms with Crippen LogP contribution >= 0.6 is 0 Å². The summed E-state index contributed by atoms with van der Waals surface area (Å²) in [5.74, 6) is 0.0750. The largest absolute Gasteiger partial charge is 0.336 e. The summed E-state index contributed by atoms with van der Waals surface area (Å²) in [5, 5.41) is 0.837. The summed E-state index contributed by atoms with van der Waals surface area (Å²) in [4.78, 5) is 43.2. The van der Waals surface area contributed by atoms with E-state index < -0.39 is 0 Å². The molecule has 2 heterocycles. The van der Waals surface area contributed by atoms with E-state index >= 15 is 0 Å². The zero-order chi connectivity index (χ0) is 19.5. The fraction of sp³-hybridized carbons (Fsp3) is 0.227. The van der Waals surface area contributed by atoms with Crippen LogP contribution in [0.3, 0.4) is 0 Å². The molecule has 1 amide bonds. The van der Waals surface area contributed by atoms with Crippen LogP contribution in [-0.4, -0.2) is 59.2 Å². The standard InChI is InChI=1S/C22H21N3O3/c26-20(18-6-8-19-17(14-18)7-9-21(27)23-19)15-24-10-12-25(13-11-24)22(28)16-4-2-1-3-5-16/h1-9,14H,10-13,15H2,(H,23,27). The van der Waals surface area contributed by atoms with Crippen LogP contribution in [0.5, 0.6) is 0 Å². The molecule has 1 saturated heterocycles. The van der Waals surface area contributed by atoms with E-state index in [0.29, 0.717) is 43.9 Å².